The quantitative estimate of drug-likeness (QED) is 0.827. The van der Waals surface area contributed by atoms with Crippen molar-refractivity contribution in [1.29, 1.82) is 0 Å². The molecule has 0 atom stereocenters. The molecule has 1 fully saturated rings. The van der Waals surface area contributed by atoms with E-state index in [4.69, 9.17) is 11.6 Å². The molecular formula is C13H17ClOS. The van der Waals surface area contributed by atoms with Crippen molar-refractivity contribution >= 4 is 23.4 Å². The fraction of sp³-hybridized carbons (Fsp3) is 0.538. The van der Waals surface area contributed by atoms with Crippen LogP contribution in [0.2, 0.25) is 5.02 Å². The van der Waals surface area contributed by atoms with Gasteiger partial charge in [-0.05, 0) is 54.9 Å². The summed E-state index contributed by atoms with van der Waals surface area (Å²) < 4.78 is 0. The summed E-state index contributed by atoms with van der Waals surface area (Å²) in [6.45, 7) is 4.00. The van der Waals surface area contributed by atoms with Crippen molar-refractivity contribution in [3.8, 4) is 0 Å². The van der Waals surface area contributed by atoms with Gasteiger partial charge >= 0.3 is 0 Å². The molecule has 0 amide bonds. The van der Waals surface area contributed by atoms with Gasteiger partial charge in [-0.3, -0.25) is 0 Å². The predicted octanol–water partition coefficient (Wildman–Crippen LogP) is 3.67. The summed E-state index contributed by atoms with van der Waals surface area (Å²) in [4.78, 5) is 0. The van der Waals surface area contributed by atoms with Crippen molar-refractivity contribution in [3.63, 3.8) is 0 Å². The van der Waals surface area contributed by atoms with Gasteiger partial charge in [-0.15, -0.1) is 0 Å². The highest BCUT2D eigenvalue weighted by Gasteiger charge is 2.31. The first-order valence-electron chi connectivity index (χ1n) is 5.60. The summed E-state index contributed by atoms with van der Waals surface area (Å²) >= 11 is 8.07. The maximum absolute atomic E-state index is 10.6. The minimum Gasteiger partial charge on any atom is -0.385 e. The van der Waals surface area contributed by atoms with Gasteiger partial charge in [0.1, 0.15) is 0 Å². The smallest absolute Gasteiger partial charge is 0.0912 e. The molecule has 3 heteroatoms. The SMILES string of the molecule is Cc1cc(C2(O)CCSCC2)cc(C)c1Cl. The zero-order valence-electron chi connectivity index (χ0n) is 9.72. The van der Waals surface area contributed by atoms with Crippen LogP contribution in [0.4, 0.5) is 0 Å². The normalized spacial score (nSPS) is 19.8. The standard InChI is InChI=1S/C13H17ClOS/c1-9-7-11(8-10(2)12(9)14)13(15)3-5-16-6-4-13/h7-8,15H,3-6H2,1-2H3. The summed E-state index contributed by atoms with van der Waals surface area (Å²) in [6.07, 6.45) is 1.69. The summed E-state index contributed by atoms with van der Waals surface area (Å²) in [5.41, 5.74) is 2.52. The average Bonchev–Trinajstić information content (AvgIpc) is 2.26. The maximum atomic E-state index is 10.6. The number of hydrogen-bond acceptors (Lipinski definition) is 2. The molecule has 1 saturated heterocycles. The summed E-state index contributed by atoms with van der Waals surface area (Å²) in [7, 11) is 0. The molecular weight excluding hydrogens is 240 g/mol. The van der Waals surface area contributed by atoms with Gasteiger partial charge < -0.3 is 5.11 Å². The molecule has 16 heavy (non-hydrogen) atoms. The third-order valence-electron chi connectivity index (χ3n) is 3.29. The lowest BCUT2D eigenvalue weighted by Gasteiger charge is -2.33. The van der Waals surface area contributed by atoms with Crippen molar-refractivity contribution in [2.45, 2.75) is 32.3 Å². The Kier molecular flexibility index (Phi) is 3.53. The van der Waals surface area contributed by atoms with Crippen LogP contribution < -0.4 is 0 Å². The molecule has 0 bridgehead atoms. The van der Waals surface area contributed by atoms with Crippen molar-refractivity contribution in [3.05, 3.63) is 33.8 Å². The summed E-state index contributed by atoms with van der Waals surface area (Å²) in [6, 6.07) is 4.07. The zero-order valence-corrected chi connectivity index (χ0v) is 11.3. The van der Waals surface area contributed by atoms with E-state index in [9.17, 15) is 5.11 Å². The van der Waals surface area contributed by atoms with Crippen LogP contribution in [-0.4, -0.2) is 16.6 Å². The first-order valence-corrected chi connectivity index (χ1v) is 7.13. The maximum Gasteiger partial charge on any atom is 0.0912 e. The molecule has 1 heterocycles. The fourth-order valence-corrected chi connectivity index (χ4v) is 3.49. The number of hydrogen-bond donors (Lipinski definition) is 1. The van der Waals surface area contributed by atoms with E-state index in [-0.39, 0.29) is 0 Å². The molecule has 0 aromatic heterocycles. The first kappa shape index (κ1) is 12.3. The lowest BCUT2D eigenvalue weighted by atomic mass is 9.86. The van der Waals surface area contributed by atoms with E-state index in [0.717, 1.165) is 46.1 Å². The van der Waals surface area contributed by atoms with E-state index in [2.05, 4.69) is 0 Å². The van der Waals surface area contributed by atoms with E-state index in [1.807, 2.05) is 37.7 Å². The Bertz CT molecular complexity index is 374. The molecule has 0 unspecified atom stereocenters. The van der Waals surface area contributed by atoms with E-state index in [1.165, 1.54) is 0 Å². The zero-order chi connectivity index (χ0) is 11.8. The molecule has 2 rings (SSSR count). The van der Waals surface area contributed by atoms with Gasteiger partial charge in [0.25, 0.3) is 0 Å². The highest BCUT2D eigenvalue weighted by molar-refractivity contribution is 7.99. The van der Waals surface area contributed by atoms with E-state index >= 15 is 0 Å². The van der Waals surface area contributed by atoms with E-state index < -0.39 is 5.60 Å². The van der Waals surface area contributed by atoms with Gasteiger partial charge in [-0.2, -0.15) is 11.8 Å². The molecule has 88 valence electrons. The third kappa shape index (κ3) is 2.24. The van der Waals surface area contributed by atoms with Crippen LogP contribution in [0, 0.1) is 13.8 Å². The van der Waals surface area contributed by atoms with Crippen LogP contribution in [0.5, 0.6) is 0 Å². The molecule has 0 radical (unpaired) electrons. The molecule has 0 saturated carbocycles. The van der Waals surface area contributed by atoms with Crippen molar-refractivity contribution in [2.24, 2.45) is 0 Å². The van der Waals surface area contributed by atoms with Crippen molar-refractivity contribution in [2.75, 3.05) is 11.5 Å². The first-order chi connectivity index (χ1) is 7.53. The van der Waals surface area contributed by atoms with Crippen LogP contribution in [0.15, 0.2) is 12.1 Å². The highest BCUT2D eigenvalue weighted by atomic mass is 35.5. The minimum absolute atomic E-state index is 0.634. The number of aliphatic hydroxyl groups is 1. The van der Waals surface area contributed by atoms with Crippen molar-refractivity contribution in [1.82, 2.24) is 0 Å². The number of thioether (sulfide) groups is 1. The third-order valence-corrected chi connectivity index (χ3v) is 4.88. The molecule has 0 spiro atoms. The number of benzene rings is 1. The van der Waals surface area contributed by atoms with Gasteiger partial charge in [0.05, 0.1) is 5.60 Å². The van der Waals surface area contributed by atoms with Gasteiger partial charge in [0, 0.05) is 5.02 Å². The van der Waals surface area contributed by atoms with Crippen LogP contribution in [0.3, 0.4) is 0 Å². The summed E-state index contributed by atoms with van der Waals surface area (Å²) in [5.74, 6) is 2.08. The van der Waals surface area contributed by atoms with Crippen LogP contribution >= 0.6 is 23.4 Å². The second-order valence-corrected chi connectivity index (χ2v) is 6.17. The van der Waals surface area contributed by atoms with Gasteiger partial charge in [0.15, 0.2) is 0 Å². The highest BCUT2D eigenvalue weighted by Crippen LogP contribution is 2.37. The average molecular weight is 257 g/mol. The molecule has 1 aromatic carbocycles. The van der Waals surface area contributed by atoms with E-state index in [0.29, 0.717) is 0 Å². The van der Waals surface area contributed by atoms with Gasteiger partial charge in [-0.1, -0.05) is 23.7 Å². The topological polar surface area (TPSA) is 20.2 Å². The Labute approximate surface area is 106 Å². The predicted molar refractivity (Wildman–Crippen MR) is 71.4 cm³/mol. The lowest BCUT2D eigenvalue weighted by Crippen LogP contribution is -2.30. The van der Waals surface area contributed by atoms with Crippen LogP contribution in [0.25, 0.3) is 0 Å². The number of aryl methyl sites for hydroxylation is 2. The Morgan fingerprint density at radius 1 is 1.19 bits per heavy atom. The van der Waals surface area contributed by atoms with Gasteiger partial charge in [0.2, 0.25) is 0 Å². The molecule has 1 aromatic rings. The Balaban J connectivity index is 2.39. The largest absolute Gasteiger partial charge is 0.385 e. The minimum atomic E-state index is -0.634. The van der Waals surface area contributed by atoms with Gasteiger partial charge in [-0.25, -0.2) is 0 Å². The molecule has 0 aliphatic carbocycles. The summed E-state index contributed by atoms with van der Waals surface area (Å²) in [5, 5.41) is 11.4. The lowest BCUT2D eigenvalue weighted by molar-refractivity contribution is 0.0280. The number of rotatable bonds is 1. The molecule has 1 nitrogen and oxygen atoms in total. The second kappa shape index (κ2) is 4.59. The number of halogens is 1. The van der Waals surface area contributed by atoms with E-state index in [1.54, 1.807) is 0 Å². The van der Waals surface area contributed by atoms with Crippen LogP contribution in [0.1, 0.15) is 29.5 Å². The Morgan fingerprint density at radius 3 is 2.19 bits per heavy atom. The Hall–Kier alpha value is -0.180. The molecule has 1 N–H and O–H groups in total. The fourth-order valence-electron chi connectivity index (χ4n) is 2.21. The monoisotopic (exact) mass is 256 g/mol. The van der Waals surface area contributed by atoms with Crippen LogP contribution in [-0.2, 0) is 5.60 Å². The molecule has 1 aliphatic rings. The Morgan fingerprint density at radius 2 is 1.69 bits per heavy atom. The second-order valence-electron chi connectivity index (χ2n) is 4.57. The van der Waals surface area contributed by atoms with Crippen molar-refractivity contribution < 1.29 is 5.11 Å². The molecule has 1 aliphatic heterocycles.